The first-order chi connectivity index (χ1) is 12.6. The van der Waals surface area contributed by atoms with Crippen molar-refractivity contribution in [3.05, 3.63) is 63.9 Å². The van der Waals surface area contributed by atoms with Crippen molar-refractivity contribution in [3.63, 3.8) is 0 Å². The Morgan fingerprint density at radius 2 is 1.92 bits per heavy atom. The van der Waals surface area contributed by atoms with Crippen molar-refractivity contribution in [1.29, 1.82) is 0 Å². The van der Waals surface area contributed by atoms with Crippen LogP contribution < -0.4 is 9.64 Å². The highest BCUT2D eigenvalue weighted by Crippen LogP contribution is 2.39. The van der Waals surface area contributed by atoms with E-state index in [1.807, 2.05) is 18.2 Å². The number of carbonyl (C=O) groups is 1. The van der Waals surface area contributed by atoms with Crippen molar-refractivity contribution in [3.8, 4) is 11.5 Å². The average Bonchev–Trinajstić information content (AvgIpc) is 2.96. The van der Waals surface area contributed by atoms with Gasteiger partial charge in [0.15, 0.2) is 11.5 Å². The first kappa shape index (κ1) is 17.1. The molecule has 2 heterocycles. The molecule has 2 aliphatic heterocycles. The Labute approximate surface area is 156 Å². The lowest BCUT2D eigenvalue weighted by molar-refractivity contribution is -0.921. The number of fused-ring (bicyclic) bond motifs is 1. The van der Waals surface area contributed by atoms with Gasteiger partial charge in [-0.25, -0.2) is 0 Å². The van der Waals surface area contributed by atoms with E-state index in [2.05, 4.69) is 0 Å². The molecular weight excluding hydrogens is 354 g/mol. The summed E-state index contributed by atoms with van der Waals surface area (Å²) in [6, 6.07) is 10.4. The maximum absolute atomic E-state index is 12.7. The molecule has 0 aliphatic carbocycles. The molecule has 0 spiro atoms. The number of morpholine rings is 1. The second-order valence-corrected chi connectivity index (χ2v) is 6.85. The van der Waals surface area contributed by atoms with Crippen molar-refractivity contribution in [1.82, 2.24) is 0 Å². The van der Waals surface area contributed by atoms with Gasteiger partial charge in [-0.15, -0.1) is 0 Å². The van der Waals surface area contributed by atoms with Gasteiger partial charge in [0.05, 0.1) is 24.3 Å². The molecule has 5 nitrogen and oxygen atoms in total. The zero-order chi connectivity index (χ0) is 18.1. The predicted octanol–water partition coefficient (Wildman–Crippen LogP) is 2.08. The van der Waals surface area contributed by atoms with E-state index < -0.39 is 0 Å². The number of nitrogens with one attached hydrogen (secondary N) is 1. The Morgan fingerprint density at radius 1 is 1.15 bits per heavy atom. The van der Waals surface area contributed by atoms with Crippen molar-refractivity contribution in [2.45, 2.75) is 6.54 Å². The van der Waals surface area contributed by atoms with Crippen LogP contribution in [0.4, 0.5) is 0 Å². The molecule has 26 heavy (non-hydrogen) atoms. The molecule has 0 aromatic heterocycles. The summed E-state index contributed by atoms with van der Waals surface area (Å²) < 4.78 is 11.3. The van der Waals surface area contributed by atoms with Crippen LogP contribution in [-0.2, 0) is 11.3 Å². The summed E-state index contributed by atoms with van der Waals surface area (Å²) in [4.78, 5) is 14.0. The van der Waals surface area contributed by atoms with E-state index in [0.717, 1.165) is 18.7 Å². The number of halogens is 1. The highest BCUT2D eigenvalue weighted by atomic mass is 35.5. The van der Waals surface area contributed by atoms with Crippen LogP contribution in [-0.4, -0.2) is 37.2 Å². The number of ketones is 1. The van der Waals surface area contributed by atoms with Gasteiger partial charge in [-0.1, -0.05) is 29.8 Å². The fourth-order valence-corrected chi connectivity index (χ4v) is 3.48. The molecule has 2 N–H and O–H groups in total. The van der Waals surface area contributed by atoms with Crippen LogP contribution in [0.2, 0.25) is 5.02 Å². The van der Waals surface area contributed by atoms with Crippen LogP contribution in [0, 0.1) is 0 Å². The van der Waals surface area contributed by atoms with E-state index in [4.69, 9.17) is 21.1 Å². The lowest BCUT2D eigenvalue weighted by Gasteiger charge is -2.24. The minimum absolute atomic E-state index is 0.148. The minimum atomic E-state index is -0.196. The van der Waals surface area contributed by atoms with Crippen LogP contribution in [0.3, 0.4) is 0 Å². The number of hydrogen-bond acceptors (Lipinski definition) is 4. The third-order valence-corrected chi connectivity index (χ3v) is 5.08. The average molecular weight is 373 g/mol. The standard InChI is InChI=1S/C20H18ClNO4/c21-16-4-2-1-3-13(16)11-18-19(24)14-5-6-17(23)15(20(14)26-18)12-22-7-9-25-10-8-22/h1-6,11,23H,7-10,12H2/p+1/b18-11-. The van der Waals surface area contributed by atoms with Crippen molar-refractivity contribution < 1.29 is 24.3 Å². The second kappa shape index (κ2) is 7.11. The maximum Gasteiger partial charge on any atom is 0.231 e. The molecule has 1 saturated heterocycles. The highest BCUT2D eigenvalue weighted by molar-refractivity contribution is 6.32. The molecule has 4 rings (SSSR count). The van der Waals surface area contributed by atoms with Crippen LogP contribution >= 0.6 is 11.6 Å². The zero-order valence-corrected chi connectivity index (χ0v) is 14.9. The highest BCUT2D eigenvalue weighted by Gasteiger charge is 2.33. The van der Waals surface area contributed by atoms with E-state index in [0.29, 0.717) is 41.7 Å². The lowest BCUT2D eigenvalue weighted by Crippen LogP contribution is -3.12. The van der Waals surface area contributed by atoms with Gasteiger partial charge in [-0.05, 0) is 29.8 Å². The van der Waals surface area contributed by atoms with Gasteiger partial charge >= 0.3 is 0 Å². The van der Waals surface area contributed by atoms with Crippen molar-refractivity contribution >= 4 is 23.5 Å². The first-order valence-electron chi connectivity index (χ1n) is 8.58. The second-order valence-electron chi connectivity index (χ2n) is 6.44. The molecular formula is C20H19ClNO4+. The molecule has 0 atom stereocenters. The molecule has 0 saturated carbocycles. The number of ether oxygens (including phenoxy) is 2. The van der Waals surface area contributed by atoms with Gasteiger partial charge in [0.2, 0.25) is 5.78 Å². The Bertz CT molecular complexity index is 887. The third kappa shape index (κ3) is 3.21. The van der Waals surface area contributed by atoms with Gasteiger partial charge in [0, 0.05) is 5.02 Å². The van der Waals surface area contributed by atoms with Gasteiger partial charge in [0.1, 0.15) is 25.4 Å². The van der Waals surface area contributed by atoms with Gasteiger partial charge in [0.25, 0.3) is 0 Å². The van der Waals surface area contributed by atoms with Crippen LogP contribution in [0.1, 0.15) is 21.5 Å². The Kier molecular flexibility index (Phi) is 4.68. The molecule has 0 amide bonds. The van der Waals surface area contributed by atoms with E-state index in [-0.39, 0.29) is 17.3 Å². The van der Waals surface area contributed by atoms with E-state index in [9.17, 15) is 9.90 Å². The fourth-order valence-electron chi connectivity index (χ4n) is 3.29. The number of allylic oxidation sites excluding steroid dienone is 1. The number of carbonyl (C=O) groups excluding carboxylic acids is 1. The molecule has 2 aromatic carbocycles. The predicted molar refractivity (Wildman–Crippen MR) is 97.7 cm³/mol. The number of aromatic hydroxyl groups is 1. The SMILES string of the molecule is O=C1/C(=C/c2ccccc2Cl)Oc2c1ccc(O)c2C[NH+]1CCOCC1. The summed E-state index contributed by atoms with van der Waals surface area (Å²) >= 11 is 6.18. The van der Waals surface area contributed by atoms with Crippen molar-refractivity contribution in [2.75, 3.05) is 26.3 Å². The van der Waals surface area contributed by atoms with Crippen LogP contribution in [0.25, 0.3) is 6.08 Å². The number of phenols is 1. The Morgan fingerprint density at radius 3 is 2.69 bits per heavy atom. The summed E-state index contributed by atoms with van der Waals surface area (Å²) in [5.41, 5.74) is 1.86. The summed E-state index contributed by atoms with van der Waals surface area (Å²) in [5.74, 6) is 0.622. The van der Waals surface area contributed by atoms with Gasteiger partial charge in [-0.3, -0.25) is 4.79 Å². The normalized spacial score (nSPS) is 18.8. The first-order valence-corrected chi connectivity index (χ1v) is 8.96. The van der Waals surface area contributed by atoms with Crippen LogP contribution in [0.15, 0.2) is 42.2 Å². The number of rotatable bonds is 3. The lowest BCUT2D eigenvalue weighted by atomic mass is 10.0. The molecule has 1 fully saturated rings. The molecule has 2 aromatic rings. The summed E-state index contributed by atoms with van der Waals surface area (Å²) in [7, 11) is 0. The molecule has 0 bridgehead atoms. The molecule has 2 aliphatic rings. The minimum Gasteiger partial charge on any atom is -0.507 e. The number of phenolic OH excluding ortho intramolecular Hbond substituents is 1. The van der Waals surface area contributed by atoms with Gasteiger partial charge in [-0.2, -0.15) is 0 Å². The topological polar surface area (TPSA) is 60.2 Å². The quantitative estimate of drug-likeness (QED) is 0.810. The number of hydrogen-bond donors (Lipinski definition) is 2. The van der Waals surface area contributed by atoms with Crippen LogP contribution in [0.5, 0.6) is 11.5 Å². The largest absolute Gasteiger partial charge is 0.507 e. The third-order valence-electron chi connectivity index (χ3n) is 4.73. The maximum atomic E-state index is 12.7. The van der Waals surface area contributed by atoms with Gasteiger partial charge < -0.3 is 19.5 Å². The van der Waals surface area contributed by atoms with E-state index in [1.165, 1.54) is 4.90 Å². The molecule has 0 radical (unpaired) electrons. The summed E-state index contributed by atoms with van der Waals surface area (Å²) in [6.07, 6.45) is 1.65. The Balaban J connectivity index is 1.67. The number of benzene rings is 2. The molecule has 0 unspecified atom stereocenters. The van der Waals surface area contributed by atoms with E-state index >= 15 is 0 Å². The monoisotopic (exact) mass is 372 g/mol. The number of Topliss-reactive ketones (excluding diaryl/α,β-unsaturated/α-hetero) is 1. The van der Waals surface area contributed by atoms with Crippen molar-refractivity contribution in [2.24, 2.45) is 0 Å². The summed E-state index contributed by atoms with van der Waals surface area (Å²) in [6.45, 7) is 3.70. The number of quaternary nitrogens is 1. The fraction of sp³-hybridized carbons (Fsp3) is 0.250. The smallest absolute Gasteiger partial charge is 0.231 e. The Hall–Kier alpha value is -2.34. The van der Waals surface area contributed by atoms with E-state index in [1.54, 1.807) is 24.3 Å². The molecule has 6 heteroatoms. The zero-order valence-electron chi connectivity index (χ0n) is 14.1. The summed E-state index contributed by atoms with van der Waals surface area (Å²) in [5, 5.41) is 10.9. The molecule has 134 valence electrons.